The summed E-state index contributed by atoms with van der Waals surface area (Å²) in [6, 6.07) is 22.9. The summed E-state index contributed by atoms with van der Waals surface area (Å²) < 4.78 is 6.30. The van der Waals surface area contributed by atoms with E-state index in [1.807, 2.05) is 18.2 Å². The smallest absolute Gasteiger partial charge is 0.248 e. The number of ether oxygens (including phenoxy) is 1. The van der Waals surface area contributed by atoms with Crippen molar-refractivity contribution < 1.29 is 9.53 Å². The Balaban J connectivity index is 0.00000231. The highest BCUT2D eigenvalue weighted by Crippen LogP contribution is 2.44. The van der Waals surface area contributed by atoms with Gasteiger partial charge in [-0.05, 0) is 77.9 Å². The number of hydrogen-bond acceptors (Lipinski definition) is 3. The van der Waals surface area contributed by atoms with Gasteiger partial charge in [-0.2, -0.15) is 0 Å². The minimum Gasteiger partial charge on any atom is -0.493 e. The second kappa shape index (κ2) is 9.13. The van der Waals surface area contributed by atoms with Gasteiger partial charge in [-0.25, -0.2) is 0 Å². The van der Waals surface area contributed by atoms with Crippen LogP contribution in [0.2, 0.25) is 0 Å². The van der Waals surface area contributed by atoms with E-state index in [0.29, 0.717) is 18.1 Å². The molecule has 0 bridgehead atoms. The van der Waals surface area contributed by atoms with Gasteiger partial charge < -0.3 is 15.8 Å². The molecule has 0 atom stereocenters. The van der Waals surface area contributed by atoms with Crippen LogP contribution < -0.4 is 15.8 Å². The van der Waals surface area contributed by atoms with Crippen molar-refractivity contribution in [2.24, 2.45) is 5.73 Å². The largest absolute Gasteiger partial charge is 0.493 e. The second-order valence-electron chi connectivity index (χ2n) is 8.18. The minimum absolute atomic E-state index is 0. The highest BCUT2D eigenvalue weighted by molar-refractivity contribution is 5.94. The standard InChI is InChI=1S/C26H26N2O2.ClH/c27-26(29)23-10-9-18(15-24(23)17-11-13-28-14-12-17)30-16-25-21-7-3-1-5-19(21)20-6-2-4-8-22(20)25;/h1-10,15,17,25,28H,11-14,16H2,(H2,27,29);1H. The van der Waals surface area contributed by atoms with Gasteiger partial charge in [0.15, 0.2) is 0 Å². The SMILES string of the molecule is Cl.NC(=O)c1ccc(OCC2c3ccccc3-c3ccccc32)cc1C1CCNCC1. The fraction of sp³-hybridized carbons (Fsp3) is 0.269. The average molecular weight is 435 g/mol. The Morgan fingerprint density at radius 3 is 2.13 bits per heavy atom. The predicted octanol–water partition coefficient (Wildman–Crippen LogP) is 4.87. The molecule has 5 heteroatoms. The normalized spacial score (nSPS) is 15.6. The third-order valence-corrected chi connectivity index (χ3v) is 6.45. The summed E-state index contributed by atoms with van der Waals surface area (Å²) >= 11 is 0. The molecule has 0 spiro atoms. The number of piperidine rings is 1. The van der Waals surface area contributed by atoms with E-state index < -0.39 is 0 Å². The summed E-state index contributed by atoms with van der Waals surface area (Å²) in [7, 11) is 0. The maximum atomic E-state index is 12.0. The number of primary amides is 1. The molecule has 1 amide bonds. The third-order valence-electron chi connectivity index (χ3n) is 6.45. The number of benzene rings is 3. The zero-order valence-electron chi connectivity index (χ0n) is 17.3. The van der Waals surface area contributed by atoms with Gasteiger partial charge in [-0.1, -0.05) is 48.5 Å². The molecule has 1 saturated heterocycles. The maximum Gasteiger partial charge on any atom is 0.248 e. The van der Waals surface area contributed by atoms with Crippen LogP contribution >= 0.6 is 12.4 Å². The van der Waals surface area contributed by atoms with Crippen LogP contribution in [0.3, 0.4) is 0 Å². The van der Waals surface area contributed by atoms with Gasteiger partial charge in [0, 0.05) is 11.5 Å². The maximum absolute atomic E-state index is 12.0. The Morgan fingerprint density at radius 1 is 0.903 bits per heavy atom. The van der Waals surface area contributed by atoms with Crippen LogP contribution in [0.15, 0.2) is 66.7 Å². The Labute approximate surface area is 189 Å². The van der Waals surface area contributed by atoms with Gasteiger partial charge >= 0.3 is 0 Å². The first kappa shape index (κ1) is 21.4. The minimum atomic E-state index is -0.367. The highest BCUT2D eigenvalue weighted by Gasteiger charge is 2.28. The summed E-state index contributed by atoms with van der Waals surface area (Å²) in [6.07, 6.45) is 2.01. The van der Waals surface area contributed by atoms with Crippen molar-refractivity contribution >= 4 is 18.3 Å². The summed E-state index contributed by atoms with van der Waals surface area (Å²) in [4.78, 5) is 12.0. The molecule has 1 heterocycles. The van der Waals surface area contributed by atoms with E-state index in [-0.39, 0.29) is 24.2 Å². The molecule has 3 N–H and O–H groups in total. The number of rotatable bonds is 5. The van der Waals surface area contributed by atoms with Crippen LogP contribution in [-0.2, 0) is 0 Å². The van der Waals surface area contributed by atoms with E-state index in [0.717, 1.165) is 37.2 Å². The molecule has 1 aliphatic carbocycles. The Morgan fingerprint density at radius 2 is 1.52 bits per heavy atom. The molecule has 1 aliphatic heterocycles. The summed E-state index contributed by atoms with van der Waals surface area (Å²) in [6.45, 7) is 2.49. The first-order chi connectivity index (χ1) is 14.7. The van der Waals surface area contributed by atoms with Crippen molar-refractivity contribution in [3.63, 3.8) is 0 Å². The van der Waals surface area contributed by atoms with E-state index in [1.165, 1.54) is 22.3 Å². The summed E-state index contributed by atoms with van der Waals surface area (Å²) in [5, 5.41) is 3.38. The van der Waals surface area contributed by atoms with E-state index in [2.05, 4.69) is 53.8 Å². The highest BCUT2D eigenvalue weighted by atomic mass is 35.5. The van der Waals surface area contributed by atoms with Gasteiger partial charge in [0.25, 0.3) is 0 Å². The average Bonchev–Trinajstić information content (AvgIpc) is 3.12. The molecule has 0 aromatic heterocycles. The van der Waals surface area contributed by atoms with Gasteiger partial charge in [-0.15, -0.1) is 12.4 Å². The Kier molecular flexibility index (Phi) is 6.30. The number of amides is 1. The number of nitrogens with two attached hydrogens (primary N) is 1. The predicted molar refractivity (Wildman–Crippen MR) is 126 cm³/mol. The molecular formula is C26H27ClN2O2. The van der Waals surface area contributed by atoms with Gasteiger partial charge in [0.05, 0.1) is 6.61 Å². The first-order valence-electron chi connectivity index (χ1n) is 10.7. The van der Waals surface area contributed by atoms with Crippen molar-refractivity contribution in [2.75, 3.05) is 19.7 Å². The van der Waals surface area contributed by atoms with Crippen molar-refractivity contribution in [3.05, 3.63) is 89.0 Å². The Hall–Kier alpha value is -2.82. The molecule has 0 unspecified atom stereocenters. The molecule has 0 radical (unpaired) electrons. The second-order valence-corrected chi connectivity index (χ2v) is 8.18. The lowest BCUT2D eigenvalue weighted by Crippen LogP contribution is -2.28. The van der Waals surface area contributed by atoms with Crippen LogP contribution in [0.5, 0.6) is 5.75 Å². The number of carbonyl (C=O) groups excluding carboxylic acids is 1. The molecule has 160 valence electrons. The number of nitrogens with one attached hydrogen (secondary N) is 1. The number of carbonyl (C=O) groups is 1. The van der Waals surface area contributed by atoms with E-state index >= 15 is 0 Å². The molecule has 5 rings (SSSR count). The fourth-order valence-corrected chi connectivity index (χ4v) is 4.94. The molecule has 4 nitrogen and oxygen atoms in total. The lowest BCUT2D eigenvalue weighted by atomic mass is 9.86. The molecule has 3 aromatic rings. The van der Waals surface area contributed by atoms with Crippen LogP contribution in [0, 0.1) is 0 Å². The Bertz CT molecular complexity index is 1050. The van der Waals surface area contributed by atoms with E-state index in [9.17, 15) is 4.79 Å². The molecule has 2 aliphatic rings. The molecular weight excluding hydrogens is 408 g/mol. The van der Waals surface area contributed by atoms with Crippen molar-refractivity contribution in [1.29, 1.82) is 0 Å². The van der Waals surface area contributed by atoms with Gasteiger partial charge in [-0.3, -0.25) is 4.79 Å². The lowest BCUT2D eigenvalue weighted by molar-refractivity contribution is 0.0998. The summed E-state index contributed by atoms with van der Waals surface area (Å²) in [5.74, 6) is 0.977. The van der Waals surface area contributed by atoms with Crippen LogP contribution in [-0.4, -0.2) is 25.6 Å². The molecule has 3 aromatic carbocycles. The first-order valence-corrected chi connectivity index (χ1v) is 10.7. The van der Waals surface area contributed by atoms with Gasteiger partial charge in [0.1, 0.15) is 5.75 Å². The van der Waals surface area contributed by atoms with Crippen molar-refractivity contribution in [1.82, 2.24) is 5.32 Å². The van der Waals surface area contributed by atoms with Crippen LogP contribution in [0.4, 0.5) is 0 Å². The summed E-state index contributed by atoms with van der Waals surface area (Å²) in [5.41, 5.74) is 12.5. The number of fused-ring (bicyclic) bond motifs is 3. The number of halogens is 1. The van der Waals surface area contributed by atoms with Crippen LogP contribution in [0.25, 0.3) is 11.1 Å². The number of hydrogen-bond donors (Lipinski definition) is 2. The van der Waals surface area contributed by atoms with E-state index in [4.69, 9.17) is 10.5 Å². The zero-order chi connectivity index (χ0) is 20.5. The van der Waals surface area contributed by atoms with E-state index in [1.54, 1.807) is 0 Å². The monoisotopic (exact) mass is 434 g/mol. The lowest BCUT2D eigenvalue weighted by Gasteiger charge is -2.25. The topological polar surface area (TPSA) is 64.4 Å². The van der Waals surface area contributed by atoms with Crippen molar-refractivity contribution in [2.45, 2.75) is 24.7 Å². The molecule has 1 fully saturated rings. The van der Waals surface area contributed by atoms with Crippen LogP contribution in [0.1, 0.15) is 51.7 Å². The van der Waals surface area contributed by atoms with Crippen molar-refractivity contribution in [3.8, 4) is 16.9 Å². The fourth-order valence-electron chi connectivity index (χ4n) is 4.94. The van der Waals surface area contributed by atoms with Gasteiger partial charge in [0.2, 0.25) is 5.91 Å². The quantitative estimate of drug-likeness (QED) is 0.602. The molecule has 0 saturated carbocycles. The zero-order valence-corrected chi connectivity index (χ0v) is 18.2. The molecule has 31 heavy (non-hydrogen) atoms. The third kappa shape index (κ3) is 4.06.